The van der Waals surface area contributed by atoms with Gasteiger partial charge in [-0.25, -0.2) is 9.97 Å². The summed E-state index contributed by atoms with van der Waals surface area (Å²) >= 11 is 0. The van der Waals surface area contributed by atoms with E-state index in [4.69, 9.17) is 9.97 Å². The van der Waals surface area contributed by atoms with Gasteiger partial charge in [0, 0.05) is 43.9 Å². The van der Waals surface area contributed by atoms with Crippen LogP contribution in [0.25, 0.3) is 116 Å². The maximum absolute atomic E-state index is 5.43. The summed E-state index contributed by atoms with van der Waals surface area (Å²) in [5.74, 6) is 0. The molecule has 0 saturated heterocycles. The average Bonchev–Trinajstić information content (AvgIpc) is 3.63. The van der Waals surface area contributed by atoms with E-state index in [1.54, 1.807) is 0 Å². The monoisotopic (exact) mass is 749 g/mol. The summed E-state index contributed by atoms with van der Waals surface area (Å²) in [5, 5.41) is 10.8. The molecule has 0 aliphatic heterocycles. The van der Waals surface area contributed by atoms with Crippen molar-refractivity contribution in [3.63, 3.8) is 0 Å². The first-order valence-corrected chi connectivity index (χ1v) is 20.1. The van der Waals surface area contributed by atoms with Gasteiger partial charge in [-0.2, -0.15) is 0 Å². The summed E-state index contributed by atoms with van der Waals surface area (Å²) in [7, 11) is 0. The third-order valence-electron chi connectivity index (χ3n) is 11.9. The number of benzene rings is 9. The van der Waals surface area contributed by atoms with E-state index >= 15 is 0 Å². The Kier molecular flexibility index (Phi) is 7.54. The third-order valence-corrected chi connectivity index (χ3v) is 11.9. The molecule has 0 aliphatic carbocycles. The van der Waals surface area contributed by atoms with Crippen molar-refractivity contribution >= 4 is 65.0 Å². The van der Waals surface area contributed by atoms with E-state index in [0.29, 0.717) is 0 Å². The second-order valence-corrected chi connectivity index (χ2v) is 15.4. The first-order valence-electron chi connectivity index (χ1n) is 20.1. The third kappa shape index (κ3) is 5.59. The molecule has 0 fully saturated rings. The smallest absolute Gasteiger partial charge is 0.0789 e. The molecular formula is C56H35N3. The molecule has 0 amide bonds. The lowest BCUT2D eigenvalue weighted by molar-refractivity contribution is 1.18. The fourth-order valence-corrected chi connectivity index (χ4v) is 9.03. The molecule has 12 rings (SSSR count). The summed E-state index contributed by atoms with van der Waals surface area (Å²) in [6.45, 7) is 0. The number of hydrogen-bond acceptors (Lipinski definition) is 2. The van der Waals surface area contributed by atoms with Crippen molar-refractivity contribution in [1.29, 1.82) is 0 Å². The Morgan fingerprint density at radius 3 is 1.68 bits per heavy atom. The van der Waals surface area contributed by atoms with Gasteiger partial charge in [0.25, 0.3) is 0 Å². The van der Waals surface area contributed by atoms with Gasteiger partial charge in [-0.15, -0.1) is 0 Å². The van der Waals surface area contributed by atoms with Crippen molar-refractivity contribution in [2.24, 2.45) is 0 Å². The average molecular weight is 750 g/mol. The Bertz CT molecular complexity index is 3520. The van der Waals surface area contributed by atoms with Crippen molar-refractivity contribution in [2.45, 2.75) is 0 Å². The fourth-order valence-electron chi connectivity index (χ4n) is 9.03. The van der Waals surface area contributed by atoms with Crippen LogP contribution in [0.4, 0.5) is 0 Å². The highest BCUT2D eigenvalue weighted by Gasteiger charge is 2.18. The molecule has 0 aliphatic rings. The maximum Gasteiger partial charge on any atom is 0.0789 e. The highest BCUT2D eigenvalue weighted by Crippen LogP contribution is 2.41. The lowest BCUT2D eigenvalue weighted by atomic mass is 9.95. The van der Waals surface area contributed by atoms with Crippen molar-refractivity contribution in [1.82, 2.24) is 14.5 Å². The molecule has 3 nitrogen and oxygen atoms in total. The van der Waals surface area contributed by atoms with Crippen LogP contribution in [-0.2, 0) is 0 Å². The standard InChI is InChI=1S/C56H35N3/c1-2-19-45(20-3-1)59-54-24-11-9-22-47(54)49-34-48-46-21-8-10-23-51(46)58-56(50(48)35-55(49)59)43-18-12-17-41(31-43)52-32-44(40-27-25-36-13-4-6-15-38(36)29-40)33-53(57-52)42-28-26-37-14-5-7-16-39(37)30-42/h1-35H. The van der Waals surface area contributed by atoms with Crippen LogP contribution in [0.3, 0.4) is 0 Å². The molecule has 59 heavy (non-hydrogen) atoms. The van der Waals surface area contributed by atoms with Crippen LogP contribution in [0, 0.1) is 0 Å². The Hall–Kier alpha value is -7.88. The van der Waals surface area contributed by atoms with Crippen LogP contribution < -0.4 is 0 Å². The first kappa shape index (κ1) is 33.3. The number of aromatic nitrogens is 3. The van der Waals surface area contributed by atoms with Crippen molar-refractivity contribution in [3.8, 4) is 50.6 Å². The molecule has 0 atom stereocenters. The highest BCUT2D eigenvalue weighted by atomic mass is 15.0. The zero-order valence-corrected chi connectivity index (χ0v) is 32.0. The minimum Gasteiger partial charge on any atom is -0.309 e. The molecule has 0 N–H and O–H groups in total. The Morgan fingerprint density at radius 2 is 0.898 bits per heavy atom. The molecule has 0 saturated carbocycles. The SMILES string of the molecule is c1ccc(-n2c3ccccc3c3cc4c(cc32)c(-c2cccc(-c3cc(-c5ccc6ccccc6c5)cc(-c5ccc6ccccc6c5)n3)c2)nc2ccccc24)cc1. The lowest BCUT2D eigenvalue weighted by Crippen LogP contribution is -1.95. The van der Waals surface area contributed by atoms with E-state index in [2.05, 4.69) is 217 Å². The molecular weight excluding hydrogens is 715 g/mol. The van der Waals surface area contributed by atoms with Crippen LogP contribution in [0.1, 0.15) is 0 Å². The summed E-state index contributed by atoms with van der Waals surface area (Å²) < 4.78 is 2.38. The van der Waals surface area contributed by atoms with Gasteiger partial charge in [0.1, 0.15) is 0 Å². The summed E-state index contributed by atoms with van der Waals surface area (Å²) in [6, 6.07) is 76.3. The van der Waals surface area contributed by atoms with Gasteiger partial charge in [0.2, 0.25) is 0 Å². The van der Waals surface area contributed by atoms with Crippen molar-refractivity contribution < 1.29 is 0 Å². The van der Waals surface area contributed by atoms with Gasteiger partial charge in [0.15, 0.2) is 0 Å². The van der Waals surface area contributed by atoms with Gasteiger partial charge in [-0.3, -0.25) is 0 Å². The van der Waals surface area contributed by atoms with Gasteiger partial charge in [0.05, 0.1) is 33.6 Å². The highest BCUT2D eigenvalue weighted by molar-refractivity contribution is 6.20. The predicted molar refractivity (Wildman–Crippen MR) is 248 cm³/mol. The minimum atomic E-state index is 0.914. The summed E-state index contributed by atoms with van der Waals surface area (Å²) in [6.07, 6.45) is 0. The minimum absolute atomic E-state index is 0.914. The number of rotatable bonds is 5. The zero-order valence-electron chi connectivity index (χ0n) is 32.0. The second kappa shape index (κ2) is 13.4. The molecule has 9 aromatic carbocycles. The molecule has 3 aromatic heterocycles. The number of para-hydroxylation sites is 3. The lowest BCUT2D eigenvalue weighted by Gasteiger charge is -2.14. The normalized spacial score (nSPS) is 11.7. The first-order chi connectivity index (χ1) is 29.2. The Balaban J connectivity index is 1.08. The molecule has 0 radical (unpaired) electrons. The Labute approximate surface area is 341 Å². The predicted octanol–water partition coefficient (Wildman–Crippen LogP) is 14.9. The van der Waals surface area contributed by atoms with Crippen LogP contribution in [0.15, 0.2) is 212 Å². The molecule has 12 aromatic rings. The fraction of sp³-hybridized carbons (Fsp3) is 0. The van der Waals surface area contributed by atoms with Crippen LogP contribution in [-0.4, -0.2) is 14.5 Å². The van der Waals surface area contributed by atoms with Crippen LogP contribution in [0.2, 0.25) is 0 Å². The summed E-state index contributed by atoms with van der Waals surface area (Å²) in [5.41, 5.74) is 12.7. The largest absolute Gasteiger partial charge is 0.309 e. The molecule has 0 unspecified atom stereocenters. The zero-order chi connectivity index (χ0) is 38.9. The van der Waals surface area contributed by atoms with Gasteiger partial charge in [-0.05, 0) is 105 Å². The summed E-state index contributed by atoms with van der Waals surface area (Å²) in [4.78, 5) is 10.8. The quantitative estimate of drug-likeness (QED) is 0.164. The van der Waals surface area contributed by atoms with E-state index < -0.39 is 0 Å². The van der Waals surface area contributed by atoms with E-state index in [-0.39, 0.29) is 0 Å². The van der Waals surface area contributed by atoms with Gasteiger partial charge < -0.3 is 4.57 Å². The molecule has 0 bridgehead atoms. The van der Waals surface area contributed by atoms with E-state index in [1.165, 1.54) is 43.2 Å². The van der Waals surface area contributed by atoms with Crippen molar-refractivity contribution in [2.75, 3.05) is 0 Å². The second-order valence-electron chi connectivity index (χ2n) is 15.4. The van der Waals surface area contributed by atoms with Gasteiger partial charge >= 0.3 is 0 Å². The number of fused-ring (bicyclic) bond motifs is 8. The van der Waals surface area contributed by atoms with E-state index in [0.717, 1.165) is 72.4 Å². The van der Waals surface area contributed by atoms with Gasteiger partial charge in [-0.1, -0.05) is 146 Å². The van der Waals surface area contributed by atoms with Crippen molar-refractivity contribution in [3.05, 3.63) is 212 Å². The van der Waals surface area contributed by atoms with E-state index in [9.17, 15) is 0 Å². The number of nitrogens with zero attached hydrogens (tertiary/aromatic N) is 3. The molecule has 0 spiro atoms. The van der Waals surface area contributed by atoms with Crippen LogP contribution in [0.5, 0.6) is 0 Å². The number of hydrogen-bond donors (Lipinski definition) is 0. The topological polar surface area (TPSA) is 30.7 Å². The Morgan fingerprint density at radius 1 is 0.288 bits per heavy atom. The molecule has 3 heterocycles. The number of pyridine rings is 2. The molecule has 274 valence electrons. The van der Waals surface area contributed by atoms with E-state index in [1.807, 2.05) is 0 Å². The molecule has 3 heteroatoms. The maximum atomic E-state index is 5.43. The van der Waals surface area contributed by atoms with Crippen LogP contribution >= 0.6 is 0 Å².